The molecular weight excluding hydrogens is 442 g/mol. The van der Waals surface area contributed by atoms with E-state index >= 15 is 0 Å². The van der Waals surface area contributed by atoms with E-state index in [1.165, 1.54) is 0 Å². The molecule has 178 valence electrons. The molecule has 0 saturated heterocycles. The molecule has 2 heterocycles. The summed E-state index contributed by atoms with van der Waals surface area (Å²) in [5, 5.41) is 15.8. The van der Waals surface area contributed by atoms with Crippen LogP contribution in [-0.2, 0) is 0 Å². The molecule has 35 heavy (non-hydrogen) atoms. The molecule has 1 aliphatic carbocycles. The highest BCUT2D eigenvalue weighted by Gasteiger charge is 2.24. The fourth-order valence-corrected chi connectivity index (χ4v) is 3.86. The molecule has 0 bridgehead atoms. The lowest BCUT2D eigenvalue weighted by Gasteiger charge is -2.13. The Hall–Kier alpha value is -4.20. The van der Waals surface area contributed by atoms with Crippen LogP contribution in [0.4, 0.5) is 5.82 Å². The highest BCUT2D eigenvalue weighted by atomic mass is 16.4. The number of imidazole rings is 1. The van der Waals surface area contributed by atoms with Gasteiger partial charge in [0.15, 0.2) is 11.5 Å². The number of carbonyl (C=O) groups is 2. The third kappa shape index (κ3) is 4.87. The number of amides is 1. The normalized spacial score (nSPS) is 13.2. The van der Waals surface area contributed by atoms with Gasteiger partial charge in [0, 0.05) is 35.5 Å². The van der Waals surface area contributed by atoms with Gasteiger partial charge in [-0.05, 0) is 43.0 Å². The van der Waals surface area contributed by atoms with E-state index in [1.54, 1.807) is 24.4 Å². The Kier molecular flexibility index (Phi) is 5.94. The number of nitrogens with zero attached hydrogens (tertiary/aromatic N) is 3. The Morgan fingerprint density at radius 1 is 1.09 bits per heavy atom. The van der Waals surface area contributed by atoms with Crippen LogP contribution in [0.2, 0.25) is 0 Å². The average Bonchev–Trinajstić information content (AvgIpc) is 3.57. The van der Waals surface area contributed by atoms with E-state index in [-0.39, 0.29) is 11.5 Å². The zero-order valence-corrected chi connectivity index (χ0v) is 19.7. The zero-order valence-electron chi connectivity index (χ0n) is 19.7. The Bertz CT molecular complexity index is 1400. The smallest absolute Gasteiger partial charge is 0.335 e. The van der Waals surface area contributed by atoms with Gasteiger partial charge in [-0.2, -0.15) is 0 Å². The summed E-state index contributed by atoms with van der Waals surface area (Å²) in [4.78, 5) is 33.3. The lowest BCUT2D eigenvalue weighted by atomic mass is 10.1. The first-order valence-corrected chi connectivity index (χ1v) is 11.8. The molecule has 0 aliphatic heterocycles. The molecule has 0 unspecified atom stereocenters. The van der Waals surface area contributed by atoms with E-state index in [4.69, 9.17) is 4.98 Å². The number of rotatable bonds is 8. The lowest BCUT2D eigenvalue weighted by Crippen LogP contribution is -2.25. The number of carbonyl (C=O) groups excluding carboxylic acids is 1. The van der Waals surface area contributed by atoms with E-state index in [2.05, 4.69) is 29.5 Å². The van der Waals surface area contributed by atoms with Crippen LogP contribution in [-0.4, -0.2) is 43.9 Å². The largest absolute Gasteiger partial charge is 0.478 e. The van der Waals surface area contributed by atoms with Crippen LogP contribution in [0.15, 0.2) is 60.9 Å². The van der Waals surface area contributed by atoms with Crippen molar-refractivity contribution in [3.63, 3.8) is 0 Å². The van der Waals surface area contributed by atoms with Crippen LogP contribution in [0.3, 0.4) is 0 Å². The van der Waals surface area contributed by atoms with E-state index in [0.29, 0.717) is 46.8 Å². The van der Waals surface area contributed by atoms with Gasteiger partial charge in [0.1, 0.15) is 0 Å². The van der Waals surface area contributed by atoms with Gasteiger partial charge in [-0.3, -0.25) is 9.20 Å². The van der Waals surface area contributed by atoms with Crippen molar-refractivity contribution >= 4 is 23.3 Å². The molecule has 2 aromatic carbocycles. The second-order valence-electron chi connectivity index (χ2n) is 9.30. The summed E-state index contributed by atoms with van der Waals surface area (Å²) < 4.78 is 1.96. The van der Waals surface area contributed by atoms with Crippen LogP contribution in [0.1, 0.15) is 47.4 Å². The highest BCUT2D eigenvalue weighted by Crippen LogP contribution is 2.29. The molecule has 1 aliphatic rings. The molecule has 4 aromatic rings. The number of carboxylic acids is 1. The molecule has 5 rings (SSSR count). The van der Waals surface area contributed by atoms with E-state index in [9.17, 15) is 14.7 Å². The van der Waals surface area contributed by atoms with Crippen LogP contribution >= 0.6 is 0 Å². The van der Waals surface area contributed by atoms with Crippen molar-refractivity contribution in [3.8, 4) is 22.5 Å². The lowest BCUT2D eigenvalue weighted by molar-refractivity contribution is 0.0696. The SMILES string of the molecule is CC(C)CNc1nc(-c2cccc(C(=O)O)c2)cn2c(-c3ccc(C(=O)NC4CC4)cc3)cnc12. The molecule has 1 saturated carbocycles. The maximum atomic E-state index is 12.4. The fourth-order valence-electron chi connectivity index (χ4n) is 3.86. The van der Waals surface area contributed by atoms with Crippen molar-refractivity contribution in [3.05, 3.63) is 72.1 Å². The minimum absolute atomic E-state index is 0.0536. The predicted octanol–water partition coefficient (Wildman–Crippen LogP) is 4.72. The van der Waals surface area contributed by atoms with Gasteiger partial charge in [-0.25, -0.2) is 14.8 Å². The summed E-state index contributed by atoms with van der Waals surface area (Å²) in [6, 6.07) is 14.5. The zero-order chi connectivity index (χ0) is 24.5. The van der Waals surface area contributed by atoms with Crippen molar-refractivity contribution in [1.29, 1.82) is 0 Å². The summed E-state index contributed by atoms with van der Waals surface area (Å²) >= 11 is 0. The Morgan fingerprint density at radius 3 is 2.54 bits per heavy atom. The number of fused-ring (bicyclic) bond motifs is 1. The molecule has 3 N–H and O–H groups in total. The number of aromatic nitrogens is 3. The summed E-state index contributed by atoms with van der Waals surface area (Å²) in [5.41, 5.74) is 4.59. The third-order valence-corrected chi connectivity index (χ3v) is 5.93. The quantitative estimate of drug-likeness (QED) is 0.345. The maximum Gasteiger partial charge on any atom is 0.335 e. The summed E-state index contributed by atoms with van der Waals surface area (Å²) in [6.45, 7) is 4.94. The molecule has 2 aromatic heterocycles. The monoisotopic (exact) mass is 469 g/mol. The van der Waals surface area contributed by atoms with Crippen molar-refractivity contribution < 1.29 is 14.7 Å². The standard InChI is InChI=1S/C27H27N5O3/c1-16(2)13-28-24-25-29-14-23(17-6-8-18(9-7-17)26(33)30-21-10-11-21)32(25)15-22(31-24)19-4-3-5-20(12-19)27(34)35/h3-9,12,14-16,21H,10-11,13H2,1-2H3,(H,28,31)(H,30,33)(H,34,35). The molecule has 1 amide bonds. The number of nitrogens with one attached hydrogen (secondary N) is 2. The van der Waals surface area contributed by atoms with Crippen molar-refractivity contribution in [2.45, 2.75) is 32.7 Å². The minimum atomic E-state index is -0.986. The second-order valence-corrected chi connectivity index (χ2v) is 9.30. The topological polar surface area (TPSA) is 109 Å². The molecule has 8 heteroatoms. The van der Waals surface area contributed by atoms with Gasteiger partial charge < -0.3 is 15.7 Å². The summed E-state index contributed by atoms with van der Waals surface area (Å²) in [6.07, 6.45) is 5.75. The van der Waals surface area contributed by atoms with Gasteiger partial charge in [-0.15, -0.1) is 0 Å². The molecular formula is C27H27N5O3. The first kappa shape index (κ1) is 22.6. The van der Waals surface area contributed by atoms with E-state index < -0.39 is 5.97 Å². The number of hydrogen-bond donors (Lipinski definition) is 3. The van der Waals surface area contributed by atoms with E-state index in [1.807, 2.05) is 40.9 Å². The molecule has 0 spiro atoms. The third-order valence-electron chi connectivity index (χ3n) is 5.93. The van der Waals surface area contributed by atoms with Gasteiger partial charge in [0.25, 0.3) is 5.91 Å². The second kappa shape index (κ2) is 9.21. The number of aromatic carboxylic acids is 1. The Morgan fingerprint density at radius 2 is 1.86 bits per heavy atom. The average molecular weight is 470 g/mol. The van der Waals surface area contributed by atoms with Gasteiger partial charge >= 0.3 is 5.97 Å². The van der Waals surface area contributed by atoms with Gasteiger partial charge in [-0.1, -0.05) is 38.1 Å². The van der Waals surface area contributed by atoms with Crippen LogP contribution in [0, 0.1) is 5.92 Å². The Balaban J connectivity index is 1.56. The van der Waals surface area contributed by atoms with Crippen LogP contribution in [0.5, 0.6) is 0 Å². The number of benzene rings is 2. The van der Waals surface area contributed by atoms with Gasteiger partial charge in [0.2, 0.25) is 0 Å². The molecule has 0 radical (unpaired) electrons. The molecule has 1 fully saturated rings. The van der Waals surface area contributed by atoms with E-state index in [0.717, 1.165) is 24.1 Å². The summed E-state index contributed by atoms with van der Waals surface area (Å²) in [5.74, 6) is -0.00871. The number of anilines is 1. The molecule has 8 nitrogen and oxygen atoms in total. The van der Waals surface area contributed by atoms with Crippen LogP contribution < -0.4 is 10.6 Å². The number of carboxylic acid groups (broad SMARTS) is 1. The Labute approximate surface area is 203 Å². The highest BCUT2D eigenvalue weighted by molar-refractivity contribution is 5.95. The van der Waals surface area contributed by atoms with Crippen LogP contribution in [0.25, 0.3) is 28.2 Å². The number of hydrogen-bond acceptors (Lipinski definition) is 5. The van der Waals surface area contributed by atoms with Crippen molar-refractivity contribution in [2.24, 2.45) is 5.92 Å². The fraction of sp³-hybridized carbons (Fsp3) is 0.259. The first-order valence-electron chi connectivity index (χ1n) is 11.8. The van der Waals surface area contributed by atoms with Crippen molar-refractivity contribution in [2.75, 3.05) is 11.9 Å². The van der Waals surface area contributed by atoms with Gasteiger partial charge in [0.05, 0.1) is 23.1 Å². The maximum absolute atomic E-state index is 12.4. The predicted molar refractivity (Wildman–Crippen MR) is 135 cm³/mol. The summed E-state index contributed by atoms with van der Waals surface area (Å²) in [7, 11) is 0. The minimum Gasteiger partial charge on any atom is -0.478 e. The first-order chi connectivity index (χ1) is 16.9. The van der Waals surface area contributed by atoms with Crippen molar-refractivity contribution in [1.82, 2.24) is 19.7 Å². The molecule has 0 atom stereocenters.